The van der Waals surface area contributed by atoms with Crippen LogP contribution in [-0.4, -0.2) is 17.1 Å². The van der Waals surface area contributed by atoms with Crippen LogP contribution in [0.3, 0.4) is 0 Å². The maximum atomic E-state index is 9.57. The van der Waals surface area contributed by atoms with Gasteiger partial charge in [-0.2, -0.15) is 5.26 Å². The molecular formula is C15H16BrN3O. The lowest BCUT2D eigenvalue weighted by Gasteiger charge is -2.21. The van der Waals surface area contributed by atoms with E-state index >= 15 is 0 Å². The highest BCUT2D eigenvalue weighted by Gasteiger charge is 2.26. The number of imidazole rings is 1. The van der Waals surface area contributed by atoms with Gasteiger partial charge in [0.1, 0.15) is 17.5 Å². The third-order valence-electron chi connectivity index (χ3n) is 3.62. The van der Waals surface area contributed by atoms with Gasteiger partial charge in [0.15, 0.2) is 0 Å². The van der Waals surface area contributed by atoms with Crippen molar-refractivity contribution >= 4 is 15.9 Å². The number of rotatable bonds is 3. The molecule has 0 aliphatic rings. The van der Waals surface area contributed by atoms with Crippen molar-refractivity contribution in [2.24, 2.45) is 0 Å². The number of H-pyrrole nitrogens is 1. The fourth-order valence-electron chi connectivity index (χ4n) is 2.42. The molecule has 0 aliphatic carbocycles. The summed E-state index contributed by atoms with van der Waals surface area (Å²) >= 11 is 3.61. The minimum absolute atomic E-state index is 0.476. The molecule has 1 aromatic heterocycles. The standard InChI is InChI=1S/C15H16BrN3O/c1-8-9(2)14(20-4)12(10(3)13(8)16)11(7-17)15-18-5-6-19-15/h5-6,11H,1-4H3,(H,18,19). The van der Waals surface area contributed by atoms with Gasteiger partial charge in [-0.3, -0.25) is 0 Å². The van der Waals surface area contributed by atoms with Gasteiger partial charge >= 0.3 is 0 Å². The van der Waals surface area contributed by atoms with Crippen LogP contribution in [0.2, 0.25) is 0 Å². The number of benzene rings is 1. The summed E-state index contributed by atoms with van der Waals surface area (Å²) in [5.74, 6) is 0.908. The number of hydrogen-bond donors (Lipinski definition) is 1. The van der Waals surface area contributed by atoms with E-state index in [-0.39, 0.29) is 0 Å². The maximum Gasteiger partial charge on any atom is 0.133 e. The first-order valence-electron chi connectivity index (χ1n) is 6.24. The Balaban J connectivity index is 2.76. The highest BCUT2D eigenvalue weighted by atomic mass is 79.9. The second-order valence-corrected chi connectivity index (χ2v) is 5.47. The van der Waals surface area contributed by atoms with E-state index in [0.29, 0.717) is 5.82 Å². The first kappa shape index (κ1) is 14.6. The average molecular weight is 334 g/mol. The maximum absolute atomic E-state index is 9.57. The van der Waals surface area contributed by atoms with Crippen molar-refractivity contribution in [2.45, 2.75) is 26.7 Å². The van der Waals surface area contributed by atoms with Crippen molar-refractivity contribution in [2.75, 3.05) is 7.11 Å². The Labute approximate surface area is 126 Å². The number of aromatic nitrogens is 2. The van der Waals surface area contributed by atoms with Gasteiger partial charge in [-0.15, -0.1) is 0 Å². The van der Waals surface area contributed by atoms with Gasteiger partial charge in [0.25, 0.3) is 0 Å². The predicted molar refractivity (Wildman–Crippen MR) is 80.9 cm³/mol. The topological polar surface area (TPSA) is 61.7 Å². The van der Waals surface area contributed by atoms with E-state index < -0.39 is 5.92 Å². The molecule has 1 N–H and O–H groups in total. The first-order chi connectivity index (χ1) is 9.52. The zero-order valence-electron chi connectivity index (χ0n) is 11.9. The number of hydrogen-bond acceptors (Lipinski definition) is 3. The Morgan fingerprint density at radius 1 is 1.30 bits per heavy atom. The summed E-state index contributed by atoms with van der Waals surface area (Å²) in [5, 5.41) is 9.57. The van der Waals surface area contributed by atoms with Gasteiger partial charge in [0, 0.05) is 22.4 Å². The van der Waals surface area contributed by atoms with Crippen LogP contribution in [0.25, 0.3) is 0 Å². The van der Waals surface area contributed by atoms with E-state index in [1.165, 1.54) is 0 Å². The Hall–Kier alpha value is -1.80. The largest absolute Gasteiger partial charge is 0.496 e. The van der Waals surface area contributed by atoms with Crippen molar-refractivity contribution in [3.8, 4) is 11.8 Å². The summed E-state index contributed by atoms with van der Waals surface area (Å²) < 4.78 is 6.57. The fraction of sp³-hybridized carbons (Fsp3) is 0.333. The lowest BCUT2D eigenvalue weighted by atomic mass is 9.90. The molecule has 104 valence electrons. The van der Waals surface area contributed by atoms with E-state index in [4.69, 9.17) is 4.74 Å². The van der Waals surface area contributed by atoms with Crippen LogP contribution in [0.1, 0.15) is 34.0 Å². The number of methoxy groups -OCH3 is 1. The predicted octanol–water partition coefficient (Wildman–Crippen LogP) is 3.76. The summed E-state index contributed by atoms with van der Waals surface area (Å²) in [7, 11) is 1.63. The quantitative estimate of drug-likeness (QED) is 0.930. The van der Waals surface area contributed by atoms with Gasteiger partial charge in [-0.05, 0) is 37.5 Å². The van der Waals surface area contributed by atoms with Gasteiger partial charge in [0.05, 0.1) is 13.2 Å². The minimum Gasteiger partial charge on any atom is -0.496 e. The molecule has 0 spiro atoms. The Kier molecular flexibility index (Phi) is 4.15. The summed E-state index contributed by atoms with van der Waals surface area (Å²) in [6, 6.07) is 2.32. The molecule has 0 radical (unpaired) electrons. The lowest BCUT2D eigenvalue weighted by molar-refractivity contribution is 0.405. The van der Waals surface area contributed by atoms with Crippen LogP contribution in [0.15, 0.2) is 16.9 Å². The summed E-state index contributed by atoms with van der Waals surface area (Å²) in [6.07, 6.45) is 3.37. The Morgan fingerprint density at radius 3 is 2.50 bits per heavy atom. The molecule has 1 unspecified atom stereocenters. The van der Waals surface area contributed by atoms with Gasteiger partial charge in [-0.25, -0.2) is 4.98 Å². The number of nitrogens with zero attached hydrogens (tertiary/aromatic N) is 2. The van der Waals surface area contributed by atoms with Crippen molar-refractivity contribution in [3.05, 3.63) is 44.9 Å². The van der Waals surface area contributed by atoms with Gasteiger partial charge < -0.3 is 9.72 Å². The fourth-order valence-corrected chi connectivity index (χ4v) is 2.93. The molecule has 1 atom stereocenters. The van der Waals surface area contributed by atoms with Crippen molar-refractivity contribution in [1.82, 2.24) is 9.97 Å². The summed E-state index contributed by atoms with van der Waals surface area (Å²) in [6.45, 7) is 6.02. The summed E-state index contributed by atoms with van der Waals surface area (Å²) in [4.78, 5) is 7.23. The molecule has 0 aliphatic heterocycles. The lowest BCUT2D eigenvalue weighted by Crippen LogP contribution is -2.08. The molecule has 5 heteroatoms. The van der Waals surface area contributed by atoms with E-state index in [0.717, 1.165) is 32.5 Å². The number of aromatic amines is 1. The van der Waals surface area contributed by atoms with Crippen LogP contribution in [0.4, 0.5) is 0 Å². The van der Waals surface area contributed by atoms with Gasteiger partial charge in [-0.1, -0.05) is 15.9 Å². The molecular weight excluding hydrogens is 318 g/mol. The molecule has 0 saturated heterocycles. The second-order valence-electron chi connectivity index (χ2n) is 4.67. The minimum atomic E-state index is -0.476. The SMILES string of the molecule is COc1c(C)c(C)c(Br)c(C)c1C(C#N)c1ncc[nH]1. The zero-order chi connectivity index (χ0) is 14.9. The van der Waals surface area contributed by atoms with Crippen LogP contribution >= 0.6 is 15.9 Å². The molecule has 0 fully saturated rings. The van der Waals surface area contributed by atoms with Crippen molar-refractivity contribution in [1.29, 1.82) is 5.26 Å². The third kappa shape index (κ3) is 2.20. The molecule has 4 nitrogen and oxygen atoms in total. The van der Waals surface area contributed by atoms with Crippen LogP contribution < -0.4 is 4.74 Å². The number of nitrogens with one attached hydrogen (secondary N) is 1. The van der Waals surface area contributed by atoms with Gasteiger partial charge in [0.2, 0.25) is 0 Å². The van der Waals surface area contributed by atoms with Crippen molar-refractivity contribution < 1.29 is 4.74 Å². The molecule has 20 heavy (non-hydrogen) atoms. The number of nitriles is 1. The first-order valence-corrected chi connectivity index (χ1v) is 7.04. The van der Waals surface area contributed by atoms with Crippen LogP contribution in [-0.2, 0) is 0 Å². The van der Waals surface area contributed by atoms with Crippen molar-refractivity contribution in [3.63, 3.8) is 0 Å². The van der Waals surface area contributed by atoms with E-state index in [9.17, 15) is 5.26 Å². The number of ether oxygens (including phenoxy) is 1. The normalized spacial score (nSPS) is 12.0. The molecule has 2 rings (SSSR count). The Bertz CT molecular complexity index is 672. The van der Waals surface area contributed by atoms with Crippen LogP contribution in [0.5, 0.6) is 5.75 Å². The number of halogens is 1. The highest BCUT2D eigenvalue weighted by molar-refractivity contribution is 9.10. The van der Waals surface area contributed by atoms with E-state index in [1.54, 1.807) is 19.5 Å². The van der Waals surface area contributed by atoms with Crippen LogP contribution in [0, 0.1) is 32.1 Å². The molecule has 0 amide bonds. The second kappa shape index (κ2) is 5.68. The molecule has 0 bridgehead atoms. The summed E-state index contributed by atoms with van der Waals surface area (Å²) in [5.41, 5.74) is 4.03. The van der Waals surface area contributed by atoms with E-state index in [2.05, 4.69) is 32.0 Å². The van der Waals surface area contributed by atoms with E-state index in [1.807, 2.05) is 20.8 Å². The smallest absolute Gasteiger partial charge is 0.133 e. The highest BCUT2D eigenvalue weighted by Crippen LogP contribution is 2.41. The monoisotopic (exact) mass is 333 g/mol. The molecule has 1 aromatic carbocycles. The molecule has 2 aromatic rings. The molecule has 0 saturated carbocycles. The molecule has 1 heterocycles. The third-order valence-corrected chi connectivity index (χ3v) is 4.81. The zero-order valence-corrected chi connectivity index (χ0v) is 13.5. The average Bonchev–Trinajstić information content (AvgIpc) is 2.97. The Morgan fingerprint density at radius 2 is 2.00 bits per heavy atom.